The van der Waals surface area contributed by atoms with Crippen LogP contribution in [-0.4, -0.2) is 11.2 Å². The summed E-state index contributed by atoms with van der Waals surface area (Å²) in [7, 11) is 0. The summed E-state index contributed by atoms with van der Waals surface area (Å²) in [5, 5.41) is 9.38. The highest BCUT2D eigenvalue weighted by molar-refractivity contribution is 5.04. The van der Waals surface area contributed by atoms with Crippen LogP contribution in [0.2, 0.25) is 0 Å². The first-order chi connectivity index (χ1) is 4.84. The second-order valence-corrected chi connectivity index (χ2v) is 2.88. The average Bonchev–Trinajstić information content (AvgIpc) is 2.38. The number of hydrogen-bond acceptors (Lipinski definition) is 1. The van der Waals surface area contributed by atoms with Crippen LogP contribution in [0.25, 0.3) is 0 Å². The van der Waals surface area contributed by atoms with Gasteiger partial charge < -0.3 is 5.11 Å². The Morgan fingerprint density at radius 3 is 2.50 bits per heavy atom. The zero-order chi connectivity index (χ0) is 7.40. The van der Waals surface area contributed by atoms with E-state index in [0.29, 0.717) is 5.92 Å². The van der Waals surface area contributed by atoms with Gasteiger partial charge in [0.2, 0.25) is 0 Å². The highest BCUT2D eigenvalue weighted by atomic mass is 16.3. The van der Waals surface area contributed by atoms with Crippen LogP contribution < -0.4 is 0 Å². The second kappa shape index (κ2) is 3.63. The molecule has 10 heavy (non-hydrogen) atoms. The van der Waals surface area contributed by atoms with E-state index in [1.54, 1.807) is 6.92 Å². The SMILES string of the molecule is CC#CC(O)C1CCCC1. The molecule has 56 valence electrons. The molecule has 1 atom stereocenters. The quantitative estimate of drug-likeness (QED) is 0.545. The molecule has 0 bridgehead atoms. The summed E-state index contributed by atoms with van der Waals surface area (Å²) in [6.07, 6.45) is 4.51. The summed E-state index contributed by atoms with van der Waals surface area (Å²) in [5.41, 5.74) is 0. The number of aliphatic hydroxyl groups excluding tert-OH is 1. The molecule has 1 aliphatic carbocycles. The standard InChI is InChI=1S/C9H14O/c1-2-5-9(10)8-6-3-4-7-8/h8-10H,3-4,6-7H2,1H3. The molecule has 0 aliphatic heterocycles. The molecule has 0 spiro atoms. The van der Waals surface area contributed by atoms with Gasteiger partial charge in [-0.3, -0.25) is 0 Å². The molecule has 1 nitrogen and oxygen atoms in total. The van der Waals surface area contributed by atoms with Crippen molar-refractivity contribution in [3.63, 3.8) is 0 Å². The molecule has 0 saturated heterocycles. The highest BCUT2D eigenvalue weighted by Crippen LogP contribution is 2.27. The molecule has 1 N–H and O–H groups in total. The minimum Gasteiger partial charge on any atom is -0.380 e. The number of rotatable bonds is 1. The van der Waals surface area contributed by atoms with Gasteiger partial charge in [0, 0.05) is 0 Å². The van der Waals surface area contributed by atoms with E-state index in [-0.39, 0.29) is 6.10 Å². The molecule has 0 aromatic carbocycles. The zero-order valence-electron chi connectivity index (χ0n) is 6.43. The van der Waals surface area contributed by atoms with Crippen LogP contribution in [-0.2, 0) is 0 Å². The molecule has 0 aromatic rings. The van der Waals surface area contributed by atoms with Crippen LogP contribution in [0.1, 0.15) is 32.6 Å². The molecule has 1 saturated carbocycles. The van der Waals surface area contributed by atoms with Crippen LogP contribution >= 0.6 is 0 Å². The van der Waals surface area contributed by atoms with E-state index in [4.69, 9.17) is 0 Å². The monoisotopic (exact) mass is 138 g/mol. The summed E-state index contributed by atoms with van der Waals surface area (Å²) >= 11 is 0. The van der Waals surface area contributed by atoms with Crippen LogP contribution in [0, 0.1) is 17.8 Å². The van der Waals surface area contributed by atoms with Gasteiger partial charge in [-0.1, -0.05) is 18.8 Å². The highest BCUT2D eigenvalue weighted by Gasteiger charge is 2.20. The van der Waals surface area contributed by atoms with Crippen molar-refractivity contribution >= 4 is 0 Å². The minimum atomic E-state index is -0.354. The van der Waals surface area contributed by atoms with Gasteiger partial charge in [-0.2, -0.15) is 0 Å². The lowest BCUT2D eigenvalue weighted by atomic mass is 10.0. The van der Waals surface area contributed by atoms with E-state index in [1.807, 2.05) is 0 Å². The van der Waals surface area contributed by atoms with Gasteiger partial charge in [0.05, 0.1) is 0 Å². The van der Waals surface area contributed by atoms with Gasteiger partial charge in [0.15, 0.2) is 0 Å². The number of aliphatic hydroxyl groups is 1. The van der Waals surface area contributed by atoms with Crippen molar-refractivity contribution in [1.29, 1.82) is 0 Å². The molecule has 0 amide bonds. The maximum Gasteiger partial charge on any atom is 0.117 e. The summed E-state index contributed by atoms with van der Waals surface area (Å²) < 4.78 is 0. The first-order valence-electron chi connectivity index (χ1n) is 3.95. The largest absolute Gasteiger partial charge is 0.380 e. The van der Waals surface area contributed by atoms with Crippen molar-refractivity contribution < 1.29 is 5.11 Å². The Morgan fingerprint density at radius 1 is 1.40 bits per heavy atom. The fraction of sp³-hybridized carbons (Fsp3) is 0.778. The average molecular weight is 138 g/mol. The minimum absolute atomic E-state index is 0.354. The lowest BCUT2D eigenvalue weighted by Crippen LogP contribution is -2.14. The Bertz CT molecular complexity index is 146. The van der Waals surface area contributed by atoms with Crippen LogP contribution in [0.15, 0.2) is 0 Å². The van der Waals surface area contributed by atoms with Crippen LogP contribution in [0.4, 0.5) is 0 Å². The predicted molar refractivity (Wildman–Crippen MR) is 41.4 cm³/mol. The third-order valence-electron chi connectivity index (χ3n) is 2.14. The van der Waals surface area contributed by atoms with Crippen LogP contribution in [0.5, 0.6) is 0 Å². The van der Waals surface area contributed by atoms with E-state index in [2.05, 4.69) is 11.8 Å². The molecule has 1 unspecified atom stereocenters. The lowest BCUT2D eigenvalue weighted by Gasteiger charge is -2.09. The van der Waals surface area contributed by atoms with Crippen molar-refractivity contribution in [1.82, 2.24) is 0 Å². The van der Waals surface area contributed by atoms with Crippen molar-refractivity contribution in [2.24, 2.45) is 5.92 Å². The second-order valence-electron chi connectivity index (χ2n) is 2.88. The van der Waals surface area contributed by atoms with E-state index in [1.165, 1.54) is 12.8 Å². The van der Waals surface area contributed by atoms with Gasteiger partial charge in [-0.25, -0.2) is 0 Å². The normalized spacial score (nSPS) is 21.8. The van der Waals surface area contributed by atoms with Gasteiger partial charge in [-0.05, 0) is 25.7 Å². The molecular formula is C9H14O. The summed E-state index contributed by atoms with van der Waals surface area (Å²) in [5.74, 6) is 6.00. The van der Waals surface area contributed by atoms with E-state index >= 15 is 0 Å². The topological polar surface area (TPSA) is 20.2 Å². The molecule has 1 fully saturated rings. The number of hydrogen-bond donors (Lipinski definition) is 1. The molecule has 0 radical (unpaired) electrons. The van der Waals surface area contributed by atoms with Crippen molar-refractivity contribution in [3.05, 3.63) is 0 Å². The Labute approximate surface area is 62.4 Å². The fourth-order valence-electron chi connectivity index (χ4n) is 1.54. The third kappa shape index (κ3) is 1.75. The van der Waals surface area contributed by atoms with Gasteiger partial charge >= 0.3 is 0 Å². The lowest BCUT2D eigenvalue weighted by molar-refractivity contribution is 0.165. The van der Waals surface area contributed by atoms with Gasteiger partial charge in [-0.15, -0.1) is 5.92 Å². The van der Waals surface area contributed by atoms with Gasteiger partial charge in [0.1, 0.15) is 6.10 Å². The fourth-order valence-corrected chi connectivity index (χ4v) is 1.54. The summed E-state index contributed by atoms with van der Waals surface area (Å²) in [6.45, 7) is 1.78. The first kappa shape index (κ1) is 7.63. The molecule has 1 aliphatic rings. The Morgan fingerprint density at radius 2 is 2.00 bits per heavy atom. The molecule has 1 heteroatoms. The predicted octanol–water partition coefficient (Wildman–Crippen LogP) is 1.56. The smallest absolute Gasteiger partial charge is 0.117 e. The molecule has 0 aromatic heterocycles. The van der Waals surface area contributed by atoms with E-state index < -0.39 is 0 Å². The first-order valence-corrected chi connectivity index (χ1v) is 3.95. The maximum absolute atomic E-state index is 9.38. The summed E-state index contributed by atoms with van der Waals surface area (Å²) in [4.78, 5) is 0. The molecular weight excluding hydrogens is 124 g/mol. The van der Waals surface area contributed by atoms with Crippen molar-refractivity contribution in [2.75, 3.05) is 0 Å². The maximum atomic E-state index is 9.38. The van der Waals surface area contributed by atoms with Crippen molar-refractivity contribution in [3.8, 4) is 11.8 Å². The Balaban J connectivity index is 2.37. The Kier molecular flexibility index (Phi) is 2.77. The third-order valence-corrected chi connectivity index (χ3v) is 2.14. The molecule has 1 rings (SSSR count). The van der Waals surface area contributed by atoms with Crippen LogP contribution in [0.3, 0.4) is 0 Å². The van der Waals surface area contributed by atoms with Gasteiger partial charge in [0.25, 0.3) is 0 Å². The Hall–Kier alpha value is -0.480. The van der Waals surface area contributed by atoms with E-state index in [0.717, 1.165) is 12.8 Å². The van der Waals surface area contributed by atoms with E-state index in [9.17, 15) is 5.11 Å². The van der Waals surface area contributed by atoms with Crippen molar-refractivity contribution in [2.45, 2.75) is 38.7 Å². The molecule has 0 heterocycles. The zero-order valence-corrected chi connectivity index (χ0v) is 6.43. The summed E-state index contributed by atoms with van der Waals surface area (Å²) in [6, 6.07) is 0.